The number of H-pyrrole nitrogens is 1. The van der Waals surface area contributed by atoms with Crippen LogP contribution in [-0.2, 0) is 4.74 Å². The number of imidazole rings is 1. The number of nitrogens with one attached hydrogen (secondary N) is 1. The van der Waals surface area contributed by atoms with Gasteiger partial charge in [-0.25, -0.2) is 4.98 Å². The molecule has 2 aliphatic rings. The van der Waals surface area contributed by atoms with Crippen molar-refractivity contribution >= 4 is 28.5 Å². The molecule has 30 heavy (non-hydrogen) atoms. The molecule has 0 saturated carbocycles. The molecular weight excluding hydrogens is 402 g/mol. The molecule has 0 amide bonds. The van der Waals surface area contributed by atoms with E-state index in [0.29, 0.717) is 28.1 Å². The summed E-state index contributed by atoms with van der Waals surface area (Å²) < 4.78 is 11.2. The Bertz CT molecular complexity index is 1120. The van der Waals surface area contributed by atoms with Crippen LogP contribution < -0.4 is 15.4 Å². The van der Waals surface area contributed by atoms with Gasteiger partial charge in [-0.2, -0.15) is 4.98 Å². The van der Waals surface area contributed by atoms with Crippen LogP contribution in [0.25, 0.3) is 22.4 Å². The lowest BCUT2D eigenvalue weighted by Crippen LogP contribution is -2.36. The van der Waals surface area contributed by atoms with Gasteiger partial charge in [0.2, 0.25) is 0 Å². The van der Waals surface area contributed by atoms with Crippen LogP contribution in [0.15, 0.2) is 54.3 Å². The molecule has 1 aliphatic heterocycles. The predicted octanol–water partition coefficient (Wildman–Crippen LogP) is 3.66. The van der Waals surface area contributed by atoms with Gasteiger partial charge in [0.15, 0.2) is 5.65 Å². The molecule has 5 rings (SSSR count). The molecule has 1 aliphatic carbocycles. The molecule has 0 radical (unpaired) electrons. The van der Waals surface area contributed by atoms with Gasteiger partial charge in [-0.05, 0) is 36.8 Å². The molecule has 3 heterocycles. The van der Waals surface area contributed by atoms with Crippen LogP contribution in [0.1, 0.15) is 6.42 Å². The second-order valence-corrected chi connectivity index (χ2v) is 7.75. The second-order valence-electron chi connectivity index (χ2n) is 7.35. The highest BCUT2D eigenvalue weighted by Crippen LogP contribution is 2.31. The van der Waals surface area contributed by atoms with E-state index < -0.39 is 0 Å². The van der Waals surface area contributed by atoms with Gasteiger partial charge in [-0.3, -0.25) is 0 Å². The van der Waals surface area contributed by atoms with Crippen LogP contribution in [0.4, 0.5) is 5.69 Å². The molecular formula is C22H22ClN5O2. The molecule has 1 fully saturated rings. The Kier molecular flexibility index (Phi) is 5.16. The number of hydrogen-bond acceptors (Lipinski definition) is 6. The molecule has 154 valence electrons. The van der Waals surface area contributed by atoms with Gasteiger partial charge >= 0.3 is 6.01 Å². The number of anilines is 1. The number of nitrogens with zero attached hydrogens (tertiary/aromatic N) is 3. The number of hydrogen-bond donors (Lipinski definition) is 2. The molecule has 1 saturated heterocycles. The number of aromatic nitrogens is 3. The van der Waals surface area contributed by atoms with Crippen molar-refractivity contribution in [3.8, 4) is 17.3 Å². The Morgan fingerprint density at radius 3 is 2.70 bits per heavy atom. The smallest absolute Gasteiger partial charge is 0.301 e. The summed E-state index contributed by atoms with van der Waals surface area (Å²) in [7, 11) is 0. The van der Waals surface area contributed by atoms with Crippen molar-refractivity contribution in [2.45, 2.75) is 12.5 Å². The summed E-state index contributed by atoms with van der Waals surface area (Å²) in [5.41, 5.74) is 9.93. The zero-order valence-corrected chi connectivity index (χ0v) is 17.1. The minimum Gasteiger partial charge on any atom is -0.426 e. The maximum Gasteiger partial charge on any atom is 0.301 e. The minimum atomic E-state index is 0.0330. The van der Waals surface area contributed by atoms with Crippen molar-refractivity contribution in [3.05, 3.63) is 59.3 Å². The maximum atomic E-state index is 6.53. The van der Waals surface area contributed by atoms with Crippen molar-refractivity contribution < 1.29 is 9.47 Å². The lowest BCUT2D eigenvalue weighted by molar-refractivity contribution is 0.122. The van der Waals surface area contributed by atoms with Gasteiger partial charge in [0.25, 0.3) is 0 Å². The average molecular weight is 424 g/mol. The number of allylic oxidation sites excluding steroid dienone is 1. The summed E-state index contributed by atoms with van der Waals surface area (Å²) in [6, 6.07) is 10.5. The fraction of sp³-hybridized carbons (Fsp3) is 0.273. The van der Waals surface area contributed by atoms with Crippen molar-refractivity contribution in [2.75, 3.05) is 31.2 Å². The van der Waals surface area contributed by atoms with E-state index in [1.54, 1.807) is 0 Å². The highest BCUT2D eigenvalue weighted by molar-refractivity contribution is 6.33. The average Bonchev–Trinajstić information content (AvgIpc) is 3.16. The summed E-state index contributed by atoms with van der Waals surface area (Å²) in [4.78, 5) is 14.6. The third-order valence-corrected chi connectivity index (χ3v) is 5.52. The summed E-state index contributed by atoms with van der Waals surface area (Å²) >= 11 is 6.53. The molecule has 3 N–H and O–H groups in total. The van der Waals surface area contributed by atoms with Gasteiger partial charge in [0, 0.05) is 30.4 Å². The van der Waals surface area contributed by atoms with Crippen LogP contribution in [0, 0.1) is 0 Å². The van der Waals surface area contributed by atoms with Crippen LogP contribution >= 0.6 is 11.6 Å². The number of ether oxygens (including phenoxy) is 2. The first kappa shape index (κ1) is 19.1. The first-order valence-electron chi connectivity index (χ1n) is 9.97. The van der Waals surface area contributed by atoms with Crippen LogP contribution in [-0.4, -0.2) is 47.3 Å². The van der Waals surface area contributed by atoms with Crippen molar-refractivity contribution in [2.24, 2.45) is 5.73 Å². The van der Waals surface area contributed by atoms with E-state index in [9.17, 15) is 0 Å². The first-order chi connectivity index (χ1) is 14.7. The van der Waals surface area contributed by atoms with E-state index in [1.807, 2.05) is 36.4 Å². The summed E-state index contributed by atoms with van der Waals surface area (Å²) in [5, 5.41) is 0.555. The van der Waals surface area contributed by atoms with E-state index >= 15 is 0 Å². The van der Waals surface area contributed by atoms with Gasteiger partial charge in [0.05, 0.1) is 29.4 Å². The Morgan fingerprint density at radius 2 is 1.97 bits per heavy atom. The minimum absolute atomic E-state index is 0.0330. The molecule has 2 aromatic heterocycles. The van der Waals surface area contributed by atoms with E-state index in [-0.39, 0.29) is 6.04 Å². The molecule has 0 spiro atoms. The molecule has 1 aromatic carbocycles. The number of nitrogens with two attached hydrogens (primary N) is 1. The second kappa shape index (κ2) is 8.10. The number of halogens is 1. The van der Waals surface area contributed by atoms with Gasteiger partial charge in [0.1, 0.15) is 5.76 Å². The number of benzene rings is 1. The van der Waals surface area contributed by atoms with Crippen molar-refractivity contribution in [1.82, 2.24) is 15.0 Å². The zero-order valence-electron chi connectivity index (χ0n) is 16.3. The number of aromatic amines is 1. The molecule has 0 bridgehead atoms. The highest BCUT2D eigenvalue weighted by Gasteiger charge is 2.15. The Hall–Kier alpha value is -2.87. The van der Waals surface area contributed by atoms with Gasteiger partial charge < -0.3 is 25.1 Å². The maximum absolute atomic E-state index is 6.53. The Labute approximate surface area is 179 Å². The van der Waals surface area contributed by atoms with E-state index in [4.69, 9.17) is 26.8 Å². The third kappa shape index (κ3) is 3.92. The largest absolute Gasteiger partial charge is 0.426 e. The molecule has 3 aromatic rings. The standard InChI is InChI=1S/C22H22ClN5O2/c23-18-13-19-21(27-22(25-19)30-17-7-3-15(24)4-8-17)26-20(18)14-1-5-16(6-2-14)28-9-11-29-12-10-28/h1-3,5-8,13,15H,4,9-12,24H2,(H,25,26,27). The predicted molar refractivity (Wildman–Crippen MR) is 118 cm³/mol. The fourth-order valence-electron chi connectivity index (χ4n) is 3.60. The summed E-state index contributed by atoms with van der Waals surface area (Å²) in [5.74, 6) is 0.709. The normalized spacial score (nSPS) is 19.2. The molecule has 1 atom stereocenters. The Balaban J connectivity index is 1.39. The Morgan fingerprint density at radius 1 is 1.17 bits per heavy atom. The van der Waals surface area contributed by atoms with Crippen molar-refractivity contribution in [1.29, 1.82) is 0 Å². The van der Waals surface area contributed by atoms with Crippen LogP contribution in [0.2, 0.25) is 5.02 Å². The zero-order chi connectivity index (χ0) is 20.5. The molecule has 7 nitrogen and oxygen atoms in total. The van der Waals surface area contributed by atoms with Crippen molar-refractivity contribution in [3.63, 3.8) is 0 Å². The van der Waals surface area contributed by atoms with Crippen LogP contribution in [0.3, 0.4) is 0 Å². The summed E-state index contributed by atoms with van der Waals surface area (Å²) in [6.07, 6.45) is 6.44. The fourth-order valence-corrected chi connectivity index (χ4v) is 3.86. The number of fused-ring (bicyclic) bond motifs is 1. The first-order valence-corrected chi connectivity index (χ1v) is 10.3. The lowest BCUT2D eigenvalue weighted by Gasteiger charge is -2.28. The van der Waals surface area contributed by atoms with Gasteiger partial charge in [-0.1, -0.05) is 29.8 Å². The number of morpholine rings is 1. The topological polar surface area (TPSA) is 89.3 Å². The number of pyridine rings is 1. The van der Waals surface area contributed by atoms with E-state index in [1.165, 1.54) is 5.69 Å². The van der Waals surface area contributed by atoms with E-state index in [2.05, 4.69) is 32.0 Å². The van der Waals surface area contributed by atoms with Crippen LogP contribution in [0.5, 0.6) is 6.01 Å². The monoisotopic (exact) mass is 423 g/mol. The van der Waals surface area contributed by atoms with E-state index in [0.717, 1.165) is 43.8 Å². The SMILES string of the molecule is NC1C=CC(Oc2nc3nc(-c4ccc(N5CCOCC5)cc4)c(Cl)cc3[nH]2)=CC1. The lowest BCUT2D eigenvalue weighted by atomic mass is 10.1. The highest BCUT2D eigenvalue weighted by atomic mass is 35.5. The third-order valence-electron chi connectivity index (χ3n) is 5.24. The molecule has 1 unspecified atom stereocenters. The van der Waals surface area contributed by atoms with Gasteiger partial charge in [-0.15, -0.1) is 0 Å². The molecule has 8 heteroatoms. The number of rotatable bonds is 4. The summed E-state index contributed by atoms with van der Waals surface area (Å²) in [6.45, 7) is 3.32. The quantitative estimate of drug-likeness (QED) is 0.665.